The molecule has 1 saturated heterocycles. The average molecular weight is 391 g/mol. The van der Waals surface area contributed by atoms with Gasteiger partial charge in [-0.25, -0.2) is 9.59 Å². The first kappa shape index (κ1) is 19.6. The molecule has 2 heterocycles. The number of rotatable bonds is 6. The molecule has 2 aliphatic rings. The number of esters is 1. The fraction of sp³-hybridized carbons (Fsp3) is 0.474. The lowest BCUT2D eigenvalue weighted by Gasteiger charge is -2.33. The van der Waals surface area contributed by atoms with E-state index in [1.54, 1.807) is 0 Å². The van der Waals surface area contributed by atoms with Gasteiger partial charge in [-0.15, -0.1) is 0 Å². The highest BCUT2D eigenvalue weighted by Gasteiger charge is 2.34. The molecule has 146 valence electrons. The molecule has 0 aromatic heterocycles. The van der Waals surface area contributed by atoms with E-state index in [1.807, 2.05) is 43.0 Å². The van der Waals surface area contributed by atoms with Crippen molar-refractivity contribution < 1.29 is 19.1 Å². The second-order valence-corrected chi connectivity index (χ2v) is 7.53. The summed E-state index contributed by atoms with van der Waals surface area (Å²) in [4.78, 5) is 27.1. The van der Waals surface area contributed by atoms with Crippen LogP contribution >= 0.6 is 11.8 Å². The van der Waals surface area contributed by atoms with Gasteiger partial charge in [0.25, 0.3) is 0 Å². The Morgan fingerprint density at radius 1 is 1.26 bits per heavy atom. The molecule has 27 heavy (non-hydrogen) atoms. The molecule has 2 N–H and O–H groups in total. The predicted molar refractivity (Wildman–Crippen MR) is 105 cm³/mol. The first-order valence-electron chi connectivity index (χ1n) is 9.04. The number of nitrogens with one attached hydrogen (secondary N) is 2. The molecule has 0 radical (unpaired) electrons. The Labute approximate surface area is 163 Å². The third-order valence-electron chi connectivity index (χ3n) is 4.57. The van der Waals surface area contributed by atoms with Gasteiger partial charge < -0.3 is 20.1 Å². The molecule has 1 aromatic rings. The number of amides is 2. The monoisotopic (exact) mass is 391 g/mol. The van der Waals surface area contributed by atoms with Crippen LogP contribution in [-0.4, -0.2) is 61.8 Å². The van der Waals surface area contributed by atoms with Gasteiger partial charge in [0, 0.05) is 36.8 Å². The lowest BCUT2D eigenvalue weighted by molar-refractivity contribution is -0.136. The van der Waals surface area contributed by atoms with Crippen molar-refractivity contribution in [2.75, 3.05) is 44.9 Å². The molecule has 0 bridgehead atoms. The van der Waals surface area contributed by atoms with Crippen LogP contribution in [0.3, 0.4) is 0 Å². The number of nitrogens with zero attached hydrogens (tertiary/aromatic N) is 1. The third kappa shape index (κ3) is 4.75. The van der Waals surface area contributed by atoms with Crippen molar-refractivity contribution in [1.29, 1.82) is 0 Å². The van der Waals surface area contributed by atoms with Crippen molar-refractivity contribution >= 4 is 23.8 Å². The van der Waals surface area contributed by atoms with Gasteiger partial charge in [-0.1, -0.05) is 12.1 Å². The van der Waals surface area contributed by atoms with E-state index in [-0.39, 0.29) is 6.03 Å². The molecule has 0 aliphatic carbocycles. The second-order valence-electron chi connectivity index (χ2n) is 6.31. The summed E-state index contributed by atoms with van der Waals surface area (Å²) in [6.45, 7) is 4.88. The number of carbonyl (C=O) groups excluding carboxylic acids is 2. The molecule has 2 amide bonds. The first-order chi connectivity index (χ1) is 13.1. The molecule has 1 fully saturated rings. The average Bonchev–Trinajstić information content (AvgIpc) is 2.69. The van der Waals surface area contributed by atoms with E-state index in [0.29, 0.717) is 24.4 Å². The van der Waals surface area contributed by atoms with Crippen LogP contribution in [0.2, 0.25) is 0 Å². The van der Waals surface area contributed by atoms with Gasteiger partial charge >= 0.3 is 12.0 Å². The fourth-order valence-corrected chi connectivity index (χ4v) is 4.23. The Morgan fingerprint density at radius 3 is 2.59 bits per heavy atom. The molecule has 0 spiro atoms. The van der Waals surface area contributed by atoms with E-state index >= 15 is 0 Å². The minimum Gasteiger partial charge on any atom is -0.494 e. The van der Waals surface area contributed by atoms with Crippen LogP contribution in [0.25, 0.3) is 0 Å². The van der Waals surface area contributed by atoms with E-state index in [0.717, 1.165) is 35.9 Å². The van der Waals surface area contributed by atoms with Crippen LogP contribution in [0.15, 0.2) is 35.5 Å². The first-order valence-corrected chi connectivity index (χ1v) is 10.2. The van der Waals surface area contributed by atoms with Gasteiger partial charge in [0.2, 0.25) is 0 Å². The molecular weight excluding hydrogens is 366 g/mol. The summed E-state index contributed by atoms with van der Waals surface area (Å²) in [5, 5.41) is 5.66. The van der Waals surface area contributed by atoms with Gasteiger partial charge in [-0.05, 0) is 24.6 Å². The predicted octanol–water partition coefficient (Wildman–Crippen LogP) is 1.92. The number of thioether (sulfide) groups is 1. The highest BCUT2D eigenvalue weighted by molar-refractivity contribution is 7.99. The standard InChI is InChI=1S/C19H25N3O4S/c1-3-26-14-6-4-13(5-7-14)17-16(18(23)25-2)15(20-19(24)21-17)12-22-8-10-27-11-9-22/h4-7,17H,3,8-12H2,1-2H3,(H2,20,21,24)/t17-/m0/s1. The summed E-state index contributed by atoms with van der Waals surface area (Å²) in [5.74, 6) is 2.41. The zero-order chi connectivity index (χ0) is 19.2. The Bertz CT molecular complexity index is 714. The van der Waals surface area contributed by atoms with Gasteiger partial charge in [0.1, 0.15) is 5.75 Å². The Balaban J connectivity index is 1.92. The maximum absolute atomic E-state index is 12.6. The number of benzene rings is 1. The third-order valence-corrected chi connectivity index (χ3v) is 5.51. The Hall–Kier alpha value is -2.19. The van der Waals surface area contributed by atoms with Crippen LogP contribution in [-0.2, 0) is 9.53 Å². The zero-order valence-corrected chi connectivity index (χ0v) is 16.4. The molecule has 7 nitrogen and oxygen atoms in total. The molecule has 2 aliphatic heterocycles. The SMILES string of the molecule is CCOc1ccc([C@@H]2NC(=O)NC(CN3CCSCC3)=C2C(=O)OC)cc1. The van der Waals surface area contributed by atoms with Crippen molar-refractivity contribution in [3.63, 3.8) is 0 Å². The highest BCUT2D eigenvalue weighted by atomic mass is 32.2. The van der Waals surface area contributed by atoms with E-state index in [2.05, 4.69) is 15.5 Å². The van der Waals surface area contributed by atoms with E-state index < -0.39 is 12.0 Å². The van der Waals surface area contributed by atoms with Crippen LogP contribution in [0, 0.1) is 0 Å². The lowest BCUT2D eigenvalue weighted by atomic mass is 9.95. The molecule has 1 atom stereocenters. The minimum atomic E-state index is -0.559. The summed E-state index contributed by atoms with van der Waals surface area (Å²) in [5.41, 5.74) is 1.86. The quantitative estimate of drug-likeness (QED) is 0.722. The normalized spacial score (nSPS) is 20.7. The summed E-state index contributed by atoms with van der Waals surface area (Å²) >= 11 is 1.91. The molecule has 3 rings (SSSR count). The molecule has 0 unspecified atom stereocenters. The molecular formula is C19H25N3O4S. The molecule has 8 heteroatoms. The van der Waals surface area contributed by atoms with Gasteiger partial charge in [-0.3, -0.25) is 4.90 Å². The number of hydrogen-bond donors (Lipinski definition) is 2. The van der Waals surface area contributed by atoms with Crippen molar-refractivity contribution in [1.82, 2.24) is 15.5 Å². The van der Waals surface area contributed by atoms with E-state index in [9.17, 15) is 9.59 Å². The summed E-state index contributed by atoms with van der Waals surface area (Å²) < 4.78 is 10.5. The second kappa shape index (κ2) is 9.14. The van der Waals surface area contributed by atoms with Crippen LogP contribution in [0.5, 0.6) is 5.75 Å². The van der Waals surface area contributed by atoms with Crippen LogP contribution in [0.1, 0.15) is 18.5 Å². The Kier molecular flexibility index (Phi) is 6.63. The highest BCUT2D eigenvalue weighted by Crippen LogP contribution is 2.29. The van der Waals surface area contributed by atoms with Crippen molar-refractivity contribution in [2.45, 2.75) is 13.0 Å². The van der Waals surface area contributed by atoms with Crippen molar-refractivity contribution in [3.8, 4) is 5.75 Å². The van der Waals surface area contributed by atoms with Crippen molar-refractivity contribution in [2.24, 2.45) is 0 Å². The number of ether oxygens (including phenoxy) is 2. The fourth-order valence-electron chi connectivity index (χ4n) is 3.25. The number of carbonyl (C=O) groups is 2. The van der Waals surface area contributed by atoms with Gasteiger partial charge in [-0.2, -0.15) is 11.8 Å². The van der Waals surface area contributed by atoms with Crippen LogP contribution in [0.4, 0.5) is 4.79 Å². The summed E-state index contributed by atoms with van der Waals surface area (Å²) in [7, 11) is 1.36. The maximum atomic E-state index is 12.6. The summed E-state index contributed by atoms with van der Waals surface area (Å²) in [6.07, 6.45) is 0. The number of urea groups is 1. The number of methoxy groups -OCH3 is 1. The van der Waals surface area contributed by atoms with E-state index in [4.69, 9.17) is 9.47 Å². The van der Waals surface area contributed by atoms with Crippen molar-refractivity contribution in [3.05, 3.63) is 41.1 Å². The lowest BCUT2D eigenvalue weighted by Crippen LogP contribution is -2.49. The van der Waals surface area contributed by atoms with Gasteiger partial charge in [0.05, 0.1) is 25.3 Å². The topological polar surface area (TPSA) is 79.9 Å². The zero-order valence-electron chi connectivity index (χ0n) is 15.6. The minimum absolute atomic E-state index is 0.317. The smallest absolute Gasteiger partial charge is 0.338 e. The molecule has 0 saturated carbocycles. The maximum Gasteiger partial charge on any atom is 0.338 e. The summed E-state index contributed by atoms with van der Waals surface area (Å²) in [6, 6.07) is 6.52. The Morgan fingerprint density at radius 2 is 1.96 bits per heavy atom. The van der Waals surface area contributed by atoms with E-state index in [1.165, 1.54) is 7.11 Å². The molecule has 1 aromatic carbocycles. The number of hydrogen-bond acceptors (Lipinski definition) is 6. The van der Waals surface area contributed by atoms with Gasteiger partial charge in [0.15, 0.2) is 0 Å². The van der Waals surface area contributed by atoms with Crippen LogP contribution < -0.4 is 15.4 Å². The largest absolute Gasteiger partial charge is 0.494 e.